The number of anilines is 1. The third-order valence-corrected chi connectivity index (χ3v) is 3.79. The Morgan fingerprint density at radius 2 is 2.11 bits per heavy atom. The van der Waals surface area contributed by atoms with E-state index in [2.05, 4.69) is 53.9 Å². The van der Waals surface area contributed by atoms with Gasteiger partial charge >= 0.3 is 0 Å². The number of hydrogen-bond acceptors (Lipinski definition) is 3. The zero-order chi connectivity index (χ0) is 13.0. The Bertz CT molecular complexity index is 491. The largest absolute Gasteiger partial charge is 0.370 e. The van der Waals surface area contributed by atoms with Crippen LogP contribution in [-0.2, 0) is 13.0 Å². The van der Waals surface area contributed by atoms with E-state index in [-0.39, 0.29) is 0 Å². The van der Waals surface area contributed by atoms with Crippen LogP contribution in [0.3, 0.4) is 0 Å². The molecule has 0 fully saturated rings. The van der Waals surface area contributed by atoms with Crippen molar-refractivity contribution >= 4 is 17.0 Å². The van der Waals surface area contributed by atoms with Gasteiger partial charge < -0.3 is 10.6 Å². The van der Waals surface area contributed by atoms with Gasteiger partial charge in [0.1, 0.15) is 0 Å². The third-order valence-electron chi connectivity index (χ3n) is 3.06. The Morgan fingerprint density at radius 1 is 1.28 bits per heavy atom. The summed E-state index contributed by atoms with van der Waals surface area (Å²) in [7, 11) is 2.14. The van der Waals surface area contributed by atoms with Crippen LogP contribution in [0.4, 0.5) is 5.69 Å². The van der Waals surface area contributed by atoms with E-state index >= 15 is 0 Å². The molecule has 0 aliphatic rings. The van der Waals surface area contributed by atoms with E-state index in [0.29, 0.717) is 6.54 Å². The molecule has 2 N–H and O–H groups in total. The lowest BCUT2D eigenvalue weighted by atomic mass is 10.1. The molecule has 0 aliphatic carbocycles. The van der Waals surface area contributed by atoms with Gasteiger partial charge in [0.2, 0.25) is 0 Å². The van der Waals surface area contributed by atoms with Crippen LogP contribution in [0.2, 0.25) is 0 Å². The Balaban J connectivity index is 2.20. The average Bonchev–Trinajstić information content (AvgIpc) is 2.82. The molecule has 0 saturated heterocycles. The van der Waals surface area contributed by atoms with Crippen molar-refractivity contribution in [3.05, 3.63) is 51.7 Å². The first-order valence-electron chi connectivity index (χ1n) is 6.22. The smallest absolute Gasteiger partial charge is 0.0434 e. The second-order valence-corrected chi connectivity index (χ2v) is 5.44. The molecule has 0 radical (unpaired) electrons. The van der Waals surface area contributed by atoms with Crippen molar-refractivity contribution in [3.63, 3.8) is 0 Å². The summed E-state index contributed by atoms with van der Waals surface area (Å²) < 4.78 is 0. The molecule has 2 aromatic rings. The summed E-state index contributed by atoms with van der Waals surface area (Å²) in [6.07, 6.45) is 0.936. The summed E-state index contributed by atoms with van der Waals surface area (Å²) >= 11 is 1.75. The Labute approximate surface area is 113 Å². The van der Waals surface area contributed by atoms with E-state index in [9.17, 15) is 0 Å². The SMILES string of the molecule is Cc1ccc(N(C)Cc2ccsc2)c(CCN)c1. The first kappa shape index (κ1) is 13.1. The van der Waals surface area contributed by atoms with Crippen molar-refractivity contribution in [2.45, 2.75) is 19.9 Å². The molecule has 0 atom stereocenters. The summed E-state index contributed by atoms with van der Waals surface area (Å²) in [4.78, 5) is 2.30. The summed E-state index contributed by atoms with van der Waals surface area (Å²) in [6, 6.07) is 8.79. The maximum absolute atomic E-state index is 5.70. The van der Waals surface area contributed by atoms with Crippen LogP contribution in [0, 0.1) is 6.92 Å². The maximum Gasteiger partial charge on any atom is 0.0434 e. The van der Waals surface area contributed by atoms with Crippen LogP contribution in [0.25, 0.3) is 0 Å². The van der Waals surface area contributed by atoms with E-state index < -0.39 is 0 Å². The minimum absolute atomic E-state index is 0.697. The van der Waals surface area contributed by atoms with Crippen LogP contribution in [0.5, 0.6) is 0 Å². The quantitative estimate of drug-likeness (QED) is 0.894. The normalized spacial score (nSPS) is 10.6. The molecular weight excluding hydrogens is 240 g/mol. The maximum atomic E-state index is 5.70. The lowest BCUT2D eigenvalue weighted by molar-refractivity contribution is 0.894. The predicted octanol–water partition coefficient (Wildman–Crippen LogP) is 3.19. The Kier molecular flexibility index (Phi) is 4.39. The monoisotopic (exact) mass is 260 g/mol. The zero-order valence-corrected chi connectivity index (χ0v) is 11.8. The zero-order valence-electron chi connectivity index (χ0n) is 11.0. The molecule has 0 aliphatic heterocycles. The number of nitrogens with zero attached hydrogens (tertiary/aromatic N) is 1. The van der Waals surface area contributed by atoms with Gasteiger partial charge in [0.15, 0.2) is 0 Å². The fraction of sp³-hybridized carbons (Fsp3) is 0.333. The molecule has 0 saturated carbocycles. The molecule has 2 rings (SSSR count). The van der Waals surface area contributed by atoms with Crippen molar-refractivity contribution in [3.8, 4) is 0 Å². The average molecular weight is 260 g/mol. The topological polar surface area (TPSA) is 29.3 Å². The van der Waals surface area contributed by atoms with Crippen LogP contribution in [0.1, 0.15) is 16.7 Å². The highest BCUT2D eigenvalue weighted by Crippen LogP contribution is 2.23. The molecule has 1 heterocycles. The third kappa shape index (κ3) is 3.12. The van der Waals surface area contributed by atoms with Crippen LogP contribution < -0.4 is 10.6 Å². The number of rotatable bonds is 5. The van der Waals surface area contributed by atoms with E-state index in [1.54, 1.807) is 11.3 Å². The minimum Gasteiger partial charge on any atom is -0.370 e. The second-order valence-electron chi connectivity index (χ2n) is 4.66. The number of hydrogen-bond donors (Lipinski definition) is 1. The van der Waals surface area contributed by atoms with Crippen molar-refractivity contribution in [1.82, 2.24) is 0 Å². The van der Waals surface area contributed by atoms with Gasteiger partial charge in [-0.3, -0.25) is 0 Å². The highest BCUT2D eigenvalue weighted by molar-refractivity contribution is 7.07. The standard InChI is InChI=1S/C15H20N2S/c1-12-3-4-15(14(9-12)5-7-16)17(2)10-13-6-8-18-11-13/h3-4,6,8-9,11H,5,7,10,16H2,1-2H3. The summed E-state index contributed by atoms with van der Waals surface area (Å²) in [5.41, 5.74) is 11.0. The summed E-state index contributed by atoms with van der Waals surface area (Å²) in [5, 5.41) is 4.33. The molecule has 0 amide bonds. The molecule has 96 valence electrons. The number of benzene rings is 1. The molecule has 3 heteroatoms. The van der Waals surface area contributed by atoms with Crippen molar-refractivity contribution in [2.24, 2.45) is 5.73 Å². The molecule has 1 aromatic carbocycles. The van der Waals surface area contributed by atoms with Crippen molar-refractivity contribution in [1.29, 1.82) is 0 Å². The first-order valence-corrected chi connectivity index (χ1v) is 7.17. The van der Waals surface area contributed by atoms with E-state index in [0.717, 1.165) is 13.0 Å². The van der Waals surface area contributed by atoms with Crippen LogP contribution in [0.15, 0.2) is 35.0 Å². The second kappa shape index (κ2) is 6.03. The number of thiophene rings is 1. The Morgan fingerprint density at radius 3 is 2.78 bits per heavy atom. The molecule has 2 nitrogen and oxygen atoms in total. The highest BCUT2D eigenvalue weighted by Gasteiger charge is 2.08. The van der Waals surface area contributed by atoms with Gasteiger partial charge in [-0.15, -0.1) is 0 Å². The van der Waals surface area contributed by atoms with Gasteiger partial charge in [-0.25, -0.2) is 0 Å². The fourth-order valence-corrected chi connectivity index (χ4v) is 2.84. The molecule has 0 bridgehead atoms. The van der Waals surface area contributed by atoms with Gasteiger partial charge in [0, 0.05) is 19.3 Å². The van der Waals surface area contributed by atoms with E-state index in [1.165, 1.54) is 22.4 Å². The van der Waals surface area contributed by atoms with Crippen LogP contribution >= 0.6 is 11.3 Å². The van der Waals surface area contributed by atoms with Gasteiger partial charge in [-0.1, -0.05) is 17.7 Å². The summed E-state index contributed by atoms with van der Waals surface area (Å²) in [5.74, 6) is 0. The van der Waals surface area contributed by atoms with Gasteiger partial charge in [-0.2, -0.15) is 11.3 Å². The van der Waals surface area contributed by atoms with Gasteiger partial charge in [-0.05, 0) is 53.9 Å². The molecular formula is C15H20N2S. The minimum atomic E-state index is 0.697. The lowest BCUT2D eigenvalue weighted by Crippen LogP contribution is -2.18. The van der Waals surface area contributed by atoms with Crippen molar-refractivity contribution in [2.75, 3.05) is 18.5 Å². The summed E-state index contributed by atoms with van der Waals surface area (Å²) in [6.45, 7) is 3.77. The molecule has 1 aromatic heterocycles. The lowest BCUT2D eigenvalue weighted by Gasteiger charge is -2.22. The first-order chi connectivity index (χ1) is 8.70. The molecule has 0 spiro atoms. The van der Waals surface area contributed by atoms with E-state index in [4.69, 9.17) is 5.73 Å². The van der Waals surface area contributed by atoms with Crippen molar-refractivity contribution < 1.29 is 0 Å². The Hall–Kier alpha value is -1.32. The molecule has 0 unspecified atom stereocenters. The highest BCUT2D eigenvalue weighted by atomic mass is 32.1. The van der Waals surface area contributed by atoms with Gasteiger partial charge in [0.25, 0.3) is 0 Å². The number of nitrogens with two attached hydrogens (primary N) is 1. The van der Waals surface area contributed by atoms with Crippen LogP contribution in [-0.4, -0.2) is 13.6 Å². The van der Waals surface area contributed by atoms with Gasteiger partial charge in [0.05, 0.1) is 0 Å². The molecule has 18 heavy (non-hydrogen) atoms. The number of aryl methyl sites for hydroxylation is 1. The van der Waals surface area contributed by atoms with E-state index in [1.807, 2.05) is 0 Å². The predicted molar refractivity (Wildman–Crippen MR) is 80.4 cm³/mol. The fourth-order valence-electron chi connectivity index (χ4n) is 2.18.